The molecule has 0 aliphatic heterocycles. The molecule has 0 amide bonds. The fourth-order valence-electron chi connectivity index (χ4n) is 1.90. The first-order valence-corrected chi connectivity index (χ1v) is 6.51. The Morgan fingerprint density at radius 1 is 1.32 bits per heavy atom. The van der Waals surface area contributed by atoms with Crippen LogP contribution in [0.3, 0.4) is 0 Å². The Morgan fingerprint density at radius 2 is 2.00 bits per heavy atom. The lowest BCUT2D eigenvalue weighted by Crippen LogP contribution is -2.32. The van der Waals surface area contributed by atoms with Crippen molar-refractivity contribution >= 4 is 17.3 Å². The molecule has 0 fully saturated rings. The zero-order valence-electron chi connectivity index (χ0n) is 10.9. The molecule has 1 aromatic carbocycles. The second kappa shape index (κ2) is 5.89. The number of halogens is 1. The summed E-state index contributed by atoms with van der Waals surface area (Å²) in [5.41, 5.74) is 1.45. The Balaban J connectivity index is 2.36. The first-order valence-electron chi connectivity index (χ1n) is 6.13. The average molecular weight is 278 g/mol. The molecule has 19 heavy (non-hydrogen) atoms. The van der Waals surface area contributed by atoms with E-state index in [-0.39, 0.29) is 16.6 Å². The fourth-order valence-corrected chi connectivity index (χ4v) is 2.10. The number of hydrogen-bond acceptors (Lipinski definition) is 3. The zero-order chi connectivity index (χ0) is 13.8. The summed E-state index contributed by atoms with van der Waals surface area (Å²) in [5, 5.41) is 6.34. The Hall–Kier alpha value is -1.81. The Morgan fingerprint density at radius 3 is 2.63 bits per heavy atom. The van der Waals surface area contributed by atoms with E-state index in [0.717, 1.165) is 5.56 Å². The van der Waals surface area contributed by atoms with Crippen LogP contribution < -0.4 is 10.5 Å². The third-order valence-corrected chi connectivity index (χ3v) is 3.27. The normalized spacial score (nSPS) is 10.7. The van der Waals surface area contributed by atoms with E-state index in [1.54, 1.807) is 6.20 Å². The fraction of sp³-hybridized carbons (Fsp3) is 0.286. The minimum atomic E-state index is -0.363. The van der Waals surface area contributed by atoms with Crippen molar-refractivity contribution < 1.29 is 0 Å². The van der Waals surface area contributed by atoms with Crippen molar-refractivity contribution in [3.05, 3.63) is 57.5 Å². The Labute approximate surface area is 117 Å². The number of aromatic nitrogens is 2. The summed E-state index contributed by atoms with van der Waals surface area (Å²) < 4.78 is 0. The SMILES string of the molecule is CC(C)N(Cc1ccccc1)c1cn[nH]c(=O)c1Cl. The summed E-state index contributed by atoms with van der Waals surface area (Å²) in [6.45, 7) is 4.80. The second-order valence-corrected chi connectivity index (χ2v) is 4.98. The van der Waals surface area contributed by atoms with Gasteiger partial charge in [-0.3, -0.25) is 4.79 Å². The molecule has 0 radical (unpaired) electrons. The second-order valence-electron chi connectivity index (χ2n) is 4.61. The van der Waals surface area contributed by atoms with Gasteiger partial charge in [0.05, 0.1) is 11.9 Å². The van der Waals surface area contributed by atoms with Gasteiger partial charge in [-0.15, -0.1) is 0 Å². The van der Waals surface area contributed by atoms with Gasteiger partial charge < -0.3 is 4.90 Å². The molecule has 2 aromatic rings. The number of anilines is 1. The lowest BCUT2D eigenvalue weighted by atomic mass is 10.2. The lowest BCUT2D eigenvalue weighted by Gasteiger charge is -2.29. The molecule has 1 aromatic heterocycles. The summed E-state index contributed by atoms with van der Waals surface area (Å²) >= 11 is 6.07. The molecule has 0 unspecified atom stereocenters. The van der Waals surface area contributed by atoms with Crippen molar-refractivity contribution in [3.63, 3.8) is 0 Å². The largest absolute Gasteiger partial charge is 0.362 e. The third-order valence-electron chi connectivity index (χ3n) is 2.91. The van der Waals surface area contributed by atoms with Crippen LogP contribution in [0.1, 0.15) is 19.4 Å². The van der Waals surface area contributed by atoms with Gasteiger partial charge in [0.15, 0.2) is 0 Å². The van der Waals surface area contributed by atoms with Crippen molar-refractivity contribution in [1.82, 2.24) is 10.2 Å². The highest BCUT2D eigenvalue weighted by Gasteiger charge is 2.16. The van der Waals surface area contributed by atoms with Crippen molar-refractivity contribution in [1.29, 1.82) is 0 Å². The van der Waals surface area contributed by atoms with E-state index >= 15 is 0 Å². The van der Waals surface area contributed by atoms with Crippen LogP contribution in [0.2, 0.25) is 5.02 Å². The van der Waals surface area contributed by atoms with Gasteiger partial charge in [0.1, 0.15) is 5.02 Å². The number of nitrogens with zero attached hydrogens (tertiary/aromatic N) is 2. The van der Waals surface area contributed by atoms with E-state index in [9.17, 15) is 4.79 Å². The topological polar surface area (TPSA) is 49.0 Å². The van der Waals surface area contributed by atoms with E-state index in [4.69, 9.17) is 11.6 Å². The van der Waals surface area contributed by atoms with Crippen LogP contribution >= 0.6 is 11.6 Å². The first kappa shape index (κ1) is 13.6. The predicted octanol–water partition coefficient (Wildman–Crippen LogP) is 2.84. The van der Waals surface area contributed by atoms with Gasteiger partial charge >= 0.3 is 0 Å². The smallest absolute Gasteiger partial charge is 0.285 e. The molecule has 4 nitrogen and oxygen atoms in total. The molecular formula is C14H16ClN3O. The average Bonchev–Trinajstić information content (AvgIpc) is 2.40. The number of benzene rings is 1. The van der Waals surface area contributed by atoms with E-state index in [1.165, 1.54) is 0 Å². The highest BCUT2D eigenvalue weighted by molar-refractivity contribution is 6.33. The number of H-pyrrole nitrogens is 1. The molecule has 0 atom stereocenters. The lowest BCUT2D eigenvalue weighted by molar-refractivity contribution is 0.678. The minimum absolute atomic E-state index is 0.180. The maximum atomic E-state index is 11.5. The van der Waals surface area contributed by atoms with Crippen LogP contribution in [0, 0.1) is 0 Å². The molecule has 0 saturated carbocycles. The van der Waals surface area contributed by atoms with E-state index in [0.29, 0.717) is 12.2 Å². The van der Waals surface area contributed by atoms with E-state index in [2.05, 4.69) is 28.9 Å². The zero-order valence-corrected chi connectivity index (χ0v) is 11.7. The van der Waals surface area contributed by atoms with Gasteiger partial charge in [-0.25, -0.2) is 5.10 Å². The van der Waals surface area contributed by atoms with Crippen molar-refractivity contribution in [3.8, 4) is 0 Å². The molecule has 0 aliphatic rings. The summed E-state index contributed by atoms with van der Waals surface area (Å²) in [7, 11) is 0. The Bertz CT molecular complexity index is 595. The van der Waals surface area contributed by atoms with Crippen LogP contribution in [0.15, 0.2) is 41.3 Å². The molecule has 5 heteroatoms. The number of hydrogen-bond donors (Lipinski definition) is 1. The van der Waals surface area contributed by atoms with Crippen molar-refractivity contribution in [2.24, 2.45) is 0 Å². The van der Waals surface area contributed by atoms with Gasteiger partial charge in [-0.2, -0.15) is 5.10 Å². The predicted molar refractivity (Wildman–Crippen MR) is 77.6 cm³/mol. The molecule has 1 heterocycles. The van der Waals surface area contributed by atoms with Crippen molar-refractivity contribution in [2.75, 3.05) is 4.90 Å². The quantitative estimate of drug-likeness (QED) is 0.935. The number of nitrogens with one attached hydrogen (secondary N) is 1. The van der Waals surface area contributed by atoms with Gasteiger partial charge in [0, 0.05) is 12.6 Å². The molecular weight excluding hydrogens is 262 g/mol. The molecule has 2 rings (SSSR count). The van der Waals surface area contributed by atoms with Gasteiger partial charge in [0.2, 0.25) is 0 Å². The summed E-state index contributed by atoms with van der Waals surface area (Å²) in [4.78, 5) is 13.6. The standard InChI is InChI=1S/C14H16ClN3O/c1-10(2)18(9-11-6-4-3-5-7-11)12-8-16-17-14(19)13(12)15/h3-8,10H,9H2,1-2H3,(H,17,19). The number of rotatable bonds is 4. The first-order chi connectivity index (χ1) is 9.09. The minimum Gasteiger partial charge on any atom is -0.362 e. The molecule has 0 bridgehead atoms. The Kier molecular flexibility index (Phi) is 4.22. The molecule has 0 saturated heterocycles. The van der Waals surface area contributed by atoms with Crippen molar-refractivity contribution in [2.45, 2.75) is 26.4 Å². The summed E-state index contributed by atoms with van der Waals surface area (Å²) in [6, 6.07) is 10.3. The van der Waals surface area contributed by atoms with Crippen LogP contribution in [0.25, 0.3) is 0 Å². The molecule has 0 aliphatic carbocycles. The summed E-state index contributed by atoms with van der Waals surface area (Å²) in [5.74, 6) is 0. The molecule has 0 spiro atoms. The van der Waals surface area contributed by atoms with Crippen LogP contribution in [0.4, 0.5) is 5.69 Å². The van der Waals surface area contributed by atoms with Gasteiger partial charge in [0.25, 0.3) is 5.56 Å². The van der Waals surface area contributed by atoms with E-state index in [1.807, 2.05) is 30.3 Å². The highest BCUT2D eigenvalue weighted by Crippen LogP contribution is 2.24. The number of aromatic amines is 1. The van der Waals surface area contributed by atoms with Crippen LogP contribution in [-0.2, 0) is 6.54 Å². The van der Waals surface area contributed by atoms with E-state index < -0.39 is 0 Å². The maximum absolute atomic E-state index is 11.5. The maximum Gasteiger partial charge on any atom is 0.285 e. The van der Waals surface area contributed by atoms with Gasteiger partial charge in [-0.1, -0.05) is 41.9 Å². The summed E-state index contributed by atoms with van der Waals surface area (Å²) in [6.07, 6.45) is 1.59. The third kappa shape index (κ3) is 3.15. The highest BCUT2D eigenvalue weighted by atomic mass is 35.5. The van der Waals surface area contributed by atoms with Gasteiger partial charge in [-0.05, 0) is 19.4 Å². The molecule has 1 N–H and O–H groups in total. The monoisotopic (exact) mass is 277 g/mol. The van der Waals surface area contributed by atoms with Crippen LogP contribution in [-0.4, -0.2) is 16.2 Å². The van der Waals surface area contributed by atoms with Crippen LogP contribution in [0.5, 0.6) is 0 Å². The molecule has 100 valence electrons.